The van der Waals surface area contributed by atoms with Gasteiger partial charge in [0.15, 0.2) is 0 Å². The van der Waals surface area contributed by atoms with E-state index in [1.807, 2.05) is 0 Å². The number of rotatable bonds is 8. The SMILES string of the molecule is O=C(CCNc1ccccc1[N+](=O)[O-])NCCc1ccccc1F. The molecule has 2 aromatic carbocycles. The summed E-state index contributed by atoms with van der Waals surface area (Å²) in [6.07, 6.45) is 0.583. The largest absolute Gasteiger partial charge is 0.379 e. The second kappa shape index (κ2) is 8.61. The highest BCUT2D eigenvalue weighted by molar-refractivity contribution is 5.76. The highest BCUT2D eigenvalue weighted by atomic mass is 19.1. The van der Waals surface area contributed by atoms with Gasteiger partial charge in [-0.3, -0.25) is 14.9 Å². The van der Waals surface area contributed by atoms with E-state index in [9.17, 15) is 19.3 Å². The molecule has 0 spiro atoms. The minimum absolute atomic E-state index is 0.0301. The number of nitro groups is 1. The third-order valence-electron chi connectivity index (χ3n) is 3.44. The first-order valence-corrected chi connectivity index (χ1v) is 7.55. The van der Waals surface area contributed by atoms with Gasteiger partial charge < -0.3 is 10.6 Å². The first kappa shape index (κ1) is 17.4. The lowest BCUT2D eigenvalue weighted by Gasteiger charge is -2.08. The molecule has 0 aromatic heterocycles. The van der Waals surface area contributed by atoms with Crippen molar-refractivity contribution >= 4 is 17.3 Å². The van der Waals surface area contributed by atoms with Crippen LogP contribution in [0.1, 0.15) is 12.0 Å². The smallest absolute Gasteiger partial charge is 0.292 e. The lowest BCUT2D eigenvalue weighted by Crippen LogP contribution is -2.27. The van der Waals surface area contributed by atoms with Crippen LogP contribution in [0.4, 0.5) is 15.8 Å². The van der Waals surface area contributed by atoms with Crippen molar-refractivity contribution in [2.75, 3.05) is 18.4 Å². The number of nitrogens with one attached hydrogen (secondary N) is 2. The van der Waals surface area contributed by atoms with Gasteiger partial charge in [0.05, 0.1) is 4.92 Å². The van der Waals surface area contributed by atoms with Crippen molar-refractivity contribution in [3.63, 3.8) is 0 Å². The van der Waals surface area contributed by atoms with Crippen molar-refractivity contribution in [3.8, 4) is 0 Å². The lowest BCUT2D eigenvalue weighted by atomic mass is 10.1. The summed E-state index contributed by atoms with van der Waals surface area (Å²) in [5, 5.41) is 16.5. The molecule has 2 N–H and O–H groups in total. The van der Waals surface area contributed by atoms with E-state index in [0.29, 0.717) is 24.2 Å². The molecule has 0 atom stereocenters. The molecule has 0 bridgehead atoms. The number of hydrogen-bond acceptors (Lipinski definition) is 4. The molecule has 0 aliphatic carbocycles. The Hall–Kier alpha value is -2.96. The van der Waals surface area contributed by atoms with Crippen molar-refractivity contribution in [1.29, 1.82) is 0 Å². The van der Waals surface area contributed by atoms with E-state index in [-0.39, 0.29) is 30.4 Å². The molecule has 2 aromatic rings. The molecule has 0 saturated carbocycles. The lowest BCUT2D eigenvalue weighted by molar-refractivity contribution is -0.384. The van der Waals surface area contributed by atoms with Crippen LogP contribution in [-0.4, -0.2) is 23.9 Å². The predicted molar refractivity (Wildman–Crippen MR) is 89.3 cm³/mol. The summed E-state index contributed by atoms with van der Waals surface area (Å²) in [5.41, 5.74) is 0.898. The number of anilines is 1. The van der Waals surface area contributed by atoms with Gasteiger partial charge in [0, 0.05) is 25.6 Å². The summed E-state index contributed by atoms with van der Waals surface area (Å²) in [6.45, 7) is 0.613. The second-order valence-corrected chi connectivity index (χ2v) is 5.14. The number of para-hydroxylation sites is 2. The number of halogens is 1. The van der Waals surface area contributed by atoms with Crippen LogP contribution in [0.3, 0.4) is 0 Å². The van der Waals surface area contributed by atoms with E-state index in [1.165, 1.54) is 12.1 Å². The molecule has 0 heterocycles. The molecule has 2 rings (SSSR count). The molecule has 6 nitrogen and oxygen atoms in total. The number of hydrogen-bond donors (Lipinski definition) is 2. The van der Waals surface area contributed by atoms with Crippen molar-refractivity contribution in [3.05, 3.63) is 70.0 Å². The summed E-state index contributed by atoms with van der Waals surface area (Å²) >= 11 is 0. The van der Waals surface area contributed by atoms with E-state index < -0.39 is 4.92 Å². The highest BCUT2D eigenvalue weighted by Gasteiger charge is 2.12. The van der Waals surface area contributed by atoms with Crippen LogP contribution in [0.25, 0.3) is 0 Å². The Morgan fingerprint density at radius 3 is 2.54 bits per heavy atom. The van der Waals surface area contributed by atoms with E-state index in [0.717, 1.165) is 0 Å². The first-order chi connectivity index (χ1) is 11.6. The fourth-order valence-electron chi connectivity index (χ4n) is 2.22. The Morgan fingerprint density at radius 1 is 1.08 bits per heavy atom. The Balaban J connectivity index is 1.72. The van der Waals surface area contributed by atoms with Crippen LogP contribution in [0.2, 0.25) is 0 Å². The van der Waals surface area contributed by atoms with Crippen molar-refractivity contribution in [2.45, 2.75) is 12.8 Å². The van der Waals surface area contributed by atoms with Crippen molar-refractivity contribution in [1.82, 2.24) is 5.32 Å². The maximum absolute atomic E-state index is 13.4. The quantitative estimate of drug-likeness (QED) is 0.575. The van der Waals surface area contributed by atoms with E-state index in [2.05, 4.69) is 10.6 Å². The molecule has 0 aliphatic heterocycles. The highest BCUT2D eigenvalue weighted by Crippen LogP contribution is 2.22. The van der Waals surface area contributed by atoms with Gasteiger partial charge in [-0.2, -0.15) is 0 Å². The maximum atomic E-state index is 13.4. The zero-order valence-electron chi connectivity index (χ0n) is 13.0. The first-order valence-electron chi connectivity index (χ1n) is 7.55. The monoisotopic (exact) mass is 331 g/mol. The summed E-state index contributed by atoms with van der Waals surface area (Å²) < 4.78 is 13.4. The molecule has 0 radical (unpaired) electrons. The number of nitro benzene ring substituents is 1. The Morgan fingerprint density at radius 2 is 1.79 bits per heavy atom. The van der Waals surface area contributed by atoms with Gasteiger partial charge in [-0.1, -0.05) is 30.3 Å². The van der Waals surface area contributed by atoms with Crippen LogP contribution >= 0.6 is 0 Å². The number of nitrogens with zero attached hydrogens (tertiary/aromatic N) is 1. The van der Waals surface area contributed by atoms with E-state index in [1.54, 1.807) is 36.4 Å². The number of carbonyl (C=O) groups is 1. The Kier molecular flexibility index (Phi) is 6.24. The predicted octanol–water partition coefficient (Wildman–Crippen LogP) is 2.89. The van der Waals surface area contributed by atoms with Crippen LogP contribution < -0.4 is 10.6 Å². The van der Waals surface area contributed by atoms with Gasteiger partial charge in [-0.15, -0.1) is 0 Å². The molecule has 0 fully saturated rings. The van der Waals surface area contributed by atoms with Crippen LogP contribution in [0.15, 0.2) is 48.5 Å². The van der Waals surface area contributed by atoms with Crippen LogP contribution in [-0.2, 0) is 11.2 Å². The molecule has 24 heavy (non-hydrogen) atoms. The fourth-order valence-corrected chi connectivity index (χ4v) is 2.22. The summed E-state index contributed by atoms with van der Waals surface area (Å²) in [6, 6.07) is 12.7. The standard InChI is InChI=1S/C17H18FN3O3/c18-14-6-2-1-5-13(14)9-11-20-17(22)10-12-19-15-7-3-4-8-16(15)21(23)24/h1-8,19H,9-12H2,(H,20,22). The van der Waals surface area contributed by atoms with Gasteiger partial charge in [0.1, 0.15) is 11.5 Å². The minimum Gasteiger partial charge on any atom is -0.379 e. The summed E-state index contributed by atoms with van der Waals surface area (Å²) in [5.74, 6) is -0.484. The molecule has 7 heteroatoms. The summed E-state index contributed by atoms with van der Waals surface area (Å²) in [4.78, 5) is 22.2. The Labute approximate surface area is 138 Å². The maximum Gasteiger partial charge on any atom is 0.292 e. The number of benzene rings is 2. The zero-order valence-corrected chi connectivity index (χ0v) is 13.0. The van der Waals surface area contributed by atoms with Crippen molar-refractivity contribution in [2.24, 2.45) is 0 Å². The minimum atomic E-state index is -0.475. The number of carbonyl (C=O) groups excluding carboxylic acids is 1. The van der Waals surface area contributed by atoms with Crippen LogP contribution in [0.5, 0.6) is 0 Å². The van der Waals surface area contributed by atoms with Gasteiger partial charge in [-0.25, -0.2) is 4.39 Å². The van der Waals surface area contributed by atoms with Crippen LogP contribution in [0, 0.1) is 15.9 Å². The molecule has 0 aliphatic rings. The molecular formula is C17H18FN3O3. The molecule has 126 valence electrons. The topological polar surface area (TPSA) is 84.3 Å². The average molecular weight is 331 g/mol. The molecule has 1 amide bonds. The zero-order chi connectivity index (χ0) is 17.4. The normalized spacial score (nSPS) is 10.2. The second-order valence-electron chi connectivity index (χ2n) is 5.14. The third-order valence-corrected chi connectivity index (χ3v) is 3.44. The number of amides is 1. The molecule has 0 saturated heterocycles. The average Bonchev–Trinajstić information content (AvgIpc) is 2.57. The Bertz CT molecular complexity index is 722. The van der Waals surface area contributed by atoms with E-state index >= 15 is 0 Å². The van der Waals surface area contributed by atoms with Gasteiger partial charge in [0.25, 0.3) is 5.69 Å². The van der Waals surface area contributed by atoms with Gasteiger partial charge >= 0.3 is 0 Å². The van der Waals surface area contributed by atoms with Gasteiger partial charge in [-0.05, 0) is 24.1 Å². The summed E-state index contributed by atoms with van der Waals surface area (Å²) in [7, 11) is 0. The molecule has 0 unspecified atom stereocenters. The molecular weight excluding hydrogens is 313 g/mol. The third kappa shape index (κ3) is 5.05. The van der Waals surface area contributed by atoms with Gasteiger partial charge in [0.2, 0.25) is 5.91 Å². The van der Waals surface area contributed by atoms with E-state index in [4.69, 9.17) is 0 Å². The van der Waals surface area contributed by atoms with Crippen molar-refractivity contribution < 1.29 is 14.1 Å². The fraction of sp³-hybridized carbons (Fsp3) is 0.235.